The zero-order chi connectivity index (χ0) is 39.1. The predicted molar refractivity (Wildman–Crippen MR) is 188 cm³/mol. The Morgan fingerprint density at radius 2 is 1.44 bits per heavy atom. The molecule has 9 N–H and O–H groups in total. The molecule has 1 saturated heterocycles. The van der Waals surface area contributed by atoms with Crippen molar-refractivity contribution in [1.82, 2.24) is 31.5 Å². The van der Waals surface area contributed by atoms with Gasteiger partial charge < -0.3 is 47.4 Å². The lowest BCUT2D eigenvalue weighted by Gasteiger charge is -2.32. The first-order chi connectivity index (χ1) is 24.5. The molecule has 52 heavy (non-hydrogen) atoms. The Labute approximate surface area is 303 Å². The molecule has 1 aromatic rings. The molecule has 1 heterocycles. The van der Waals surface area contributed by atoms with Gasteiger partial charge in [-0.2, -0.15) is 0 Å². The average Bonchev–Trinajstić information content (AvgIpc) is 3.57. The number of carbonyl (C=O) groups excluding carboxylic acids is 7. The maximum absolute atomic E-state index is 14.2. The number of nitrogens with two attached hydrogens (primary N) is 1. The quantitative estimate of drug-likeness (QED) is 0.0786. The van der Waals surface area contributed by atoms with Crippen molar-refractivity contribution in [1.29, 1.82) is 0 Å². The van der Waals surface area contributed by atoms with Crippen LogP contribution in [0.3, 0.4) is 0 Å². The Morgan fingerprint density at radius 3 is 1.98 bits per heavy atom. The lowest BCUT2D eigenvalue weighted by atomic mass is 9.97. The first-order valence-corrected chi connectivity index (χ1v) is 17.4. The molecule has 0 saturated carbocycles. The number of benzene rings is 1. The largest absolute Gasteiger partial charge is 0.480 e. The molecule has 2 rings (SSSR count). The van der Waals surface area contributed by atoms with Gasteiger partial charge >= 0.3 is 5.97 Å². The Balaban J connectivity index is 2.37. The second-order valence-corrected chi connectivity index (χ2v) is 13.5. The number of hydrogen-bond donors (Lipinski definition) is 8. The van der Waals surface area contributed by atoms with Gasteiger partial charge in [0.2, 0.25) is 41.4 Å². The van der Waals surface area contributed by atoms with Crippen molar-refractivity contribution in [2.45, 2.75) is 109 Å². The monoisotopic (exact) mass is 731 g/mol. The van der Waals surface area contributed by atoms with Crippen molar-refractivity contribution in [3.8, 4) is 0 Å². The van der Waals surface area contributed by atoms with E-state index >= 15 is 0 Å². The smallest absolute Gasteiger partial charge is 0.328 e. The van der Waals surface area contributed by atoms with Gasteiger partial charge in [0, 0.05) is 19.9 Å². The number of amides is 7. The predicted octanol–water partition coefficient (Wildman–Crippen LogP) is -1.29. The second kappa shape index (κ2) is 20.7. The van der Waals surface area contributed by atoms with Gasteiger partial charge in [-0.25, -0.2) is 4.79 Å². The SMILES string of the molecule is CCC(C)C(NC(=O)C1CCCN1C(=O)C(Cc1ccccc1)NC(=O)C(CC(N)=O)NC(=O)C(CC(C)C)NC(C)=O)C(=O)NC(CO)C(=O)O. The van der Waals surface area contributed by atoms with Gasteiger partial charge in [-0.1, -0.05) is 64.4 Å². The van der Waals surface area contributed by atoms with Gasteiger partial charge in [0.15, 0.2) is 0 Å². The highest BCUT2D eigenvalue weighted by Crippen LogP contribution is 2.21. The van der Waals surface area contributed by atoms with Crippen LogP contribution in [0.2, 0.25) is 0 Å². The summed E-state index contributed by atoms with van der Waals surface area (Å²) in [6, 6.07) is 1.12. The van der Waals surface area contributed by atoms with Crippen molar-refractivity contribution >= 4 is 47.3 Å². The number of primary amides is 1. The van der Waals surface area contributed by atoms with Crippen LogP contribution in [0.4, 0.5) is 0 Å². The minimum Gasteiger partial charge on any atom is -0.480 e. The molecular weight excluding hydrogens is 678 g/mol. The summed E-state index contributed by atoms with van der Waals surface area (Å²) >= 11 is 0. The first kappa shape index (κ1) is 43.1. The third kappa shape index (κ3) is 13.2. The summed E-state index contributed by atoms with van der Waals surface area (Å²) < 4.78 is 0. The number of carboxylic acids is 1. The molecule has 0 aliphatic carbocycles. The molecule has 0 aromatic heterocycles. The molecule has 0 spiro atoms. The molecule has 7 atom stereocenters. The number of aliphatic hydroxyl groups excluding tert-OH is 1. The molecule has 0 bridgehead atoms. The number of aliphatic carboxylic acids is 1. The van der Waals surface area contributed by atoms with Crippen LogP contribution in [0.25, 0.3) is 0 Å². The first-order valence-electron chi connectivity index (χ1n) is 17.4. The van der Waals surface area contributed by atoms with Gasteiger partial charge in [0.1, 0.15) is 36.3 Å². The number of aliphatic hydroxyl groups is 1. The fraction of sp³-hybridized carbons (Fsp3) is 0.600. The number of carboxylic acid groups (broad SMARTS) is 1. The minimum atomic E-state index is -1.59. The van der Waals surface area contributed by atoms with Crippen LogP contribution in [-0.4, -0.2) is 112 Å². The van der Waals surface area contributed by atoms with E-state index in [2.05, 4.69) is 26.6 Å². The van der Waals surface area contributed by atoms with Crippen molar-refractivity contribution < 1.29 is 48.6 Å². The van der Waals surface area contributed by atoms with Crippen LogP contribution in [0.15, 0.2) is 30.3 Å². The van der Waals surface area contributed by atoms with E-state index in [1.54, 1.807) is 44.2 Å². The summed E-state index contributed by atoms with van der Waals surface area (Å²) in [6.07, 6.45) is 0.691. The highest BCUT2D eigenvalue weighted by Gasteiger charge is 2.41. The van der Waals surface area contributed by atoms with E-state index < -0.39 is 103 Å². The van der Waals surface area contributed by atoms with E-state index in [1.807, 2.05) is 13.8 Å². The Hall–Kier alpha value is -5.06. The summed E-state index contributed by atoms with van der Waals surface area (Å²) in [6.45, 7) is 7.66. The van der Waals surface area contributed by atoms with E-state index in [9.17, 15) is 48.6 Å². The fourth-order valence-electron chi connectivity index (χ4n) is 5.85. The van der Waals surface area contributed by atoms with E-state index in [0.29, 0.717) is 18.4 Å². The van der Waals surface area contributed by atoms with Gasteiger partial charge in [0.25, 0.3) is 0 Å². The lowest BCUT2D eigenvalue weighted by Crippen LogP contribution is -2.60. The third-order valence-corrected chi connectivity index (χ3v) is 8.77. The molecule has 1 aliphatic heterocycles. The summed E-state index contributed by atoms with van der Waals surface area (Å²) in [4.78, 5) is 104. The van der Waals surface area contributed by atoms with Crippen molar-refractivity contribution in [3.63, 3.8) is 0 Å². The van der Waals surface area contributed by atoms with E-state index in [-0.39, 0.29) is 31.7 Å². The molecule has 17 heteroatoms. The van der Waals surface area contributed by atoms with Gasteiger partial charge in [0.05, 0.1) is 13.0 Å². The maximum Gasteiger partial charge on any atom is 0.328 e. The molecule has 17 nitrogen and oxygen atoms in total. The van der Waals surface area contributed by atoms with E-state index in [4.69, 9.17) is 5.73 Å². The van der Waals surface area contributed by atoms with Crippen LogP contribution >= 0.6 is 0 Å². The van der Waals surface area contributed by atoms with Gasteiger partial charge in [-0.15, -0.1) is 0 Å². The number of likely N-dealkylation sites (tertiary alicyclic amines) is 1. The van der Waals surface area contributed by atoms with Crippen LogP contribution in [0.5, 0.6) is 0 Å². The maximum atomic E-state index is 14.2. The standard InChI is InChI=1S/C35H53N7O10/c1-6-20(4)29(33(49)40-26(18-43)35(51)52)41-32(48)27-13-10-14-42(27)34(50)25(16-22-11-8-7-9-12-22)39-31(47)24(17-28(36)45)38-30(46)23(15-19(2)3)37-21(5)44/h7-9,11-12,19-20,23-27,29,43H,6,10,13-18H2,1-5H3,(H2,36,45)(H,37,44)(H,38,46)(H,39,47)(H,40,49)(H,41,48)(H,51,52). The van der Waals surface area contributed by atoms with Crippen LogP contribution in [-0.2, 0) is 44.8 Å². The molecule has 1 aliphatic rings. The number of carbonyl (C=O) groups is 8. The molecule has 7 amide bonds. The molecule has 1 aromatic carbocycles. The third-order valence-electron chi connectivity index (χ3n) is 8.77. The summed E-state index contributed by atoms with van der Waals surface area (Å²) in [5, 5.41) is 31.2. The van der Waals surface area contributed by atoms with Gasteiger partial charge in [-0.3, -0.25) is 33.6 Å². The number of hydrogen-bond acceptors (Lipinski definition) is 9. The van der Waals surface area contributed by atoms with Crippen molar-refractivity contribution in [2.75, 3.05) is 13.2 Å². The molecule has 0 radical (unpaired) electrons. The molecule has 288 valence electrons. The summed E-state index contributed by atoms with van der Waals surface area (Å²) in [5.74, 6) is -7.02. The Morgan fingerprint density at radius 1 is 0.846 bits per heavy atom. The number of nitrogens with one attached hydrogen (secondary N) is 5. The molecular formula is C35H53N7O10. The van der Waals surface area contributed by atoms with Gasteiger partial charge in [-0.05, 0) is 36.7 Å². The highest BCUT2D eigenvalue weighted by molar-refractivity contribution is 5.98. The highest BCUT2D eigenvalue weighted by atomic mass is 16.4. The summed E-state index contributed by atoms with van der Waals surface area (Å²) in [7, 11) is 0. The normalized spacial score (nSPS) is 17.4. The lowest BCUT2D eigenvalue weighted by molar-refractivity contribution is -0.144. The molecule has 1 fully saturated rings. The topological polar surface area (TPSA) is 266 Å². The van der Waals surface area contributed by atoms with Crippen molar-refractivity contribution in [3.05, 3.63) is 35.9 Å². The summed E-state index contributed by atoms with van der Waals surface area (Å²) in [5.41, 5.74) is 6.08. The zero-order valence-electron chi connectivity index (χ0n) is 30.3. The van der Waals surface area contributed by atoms with Crippen molar-refractivity contribution in [2.24, 2.45) is 17.6 Å². The van der Waals surface area contributed by atoms with Crippen LogP contribution in [0.1, 0.15) is 72.3 Å². The Bertz CT molecular complexity index is 1440. The second-order valence-electron chi connectivity index (χ2n) is 13.5. The van der Waals surface area contributed by atoms with Crippen LogP contribution < -0.4 is 32.3 Å². The number of nitrogens with zero attached hydrogens (tertiary/aromatic N) is 1. The van der Waals surface area contributed by atoms with Crippen LogP contribution in [0, 0.1) is 11.8 Å². The fourth-order valence-corrected chi connectivity index (χ4v) is 5.85. The van der Waals surface area contributed by atoms with E-state index in [0.717, 1.165) is 0 Å². The number of rotatable bonds is 20. The zero-order valence-corrected chi connectivity index (χ0v) is 30.3. The average molecular weight is 732 g/mol. The molecule has 7 unspecified atom stereocenters. The Kier molecular flexibility index (Phi) is 17.2. The minimum absolute atomic E-state index is 0.0125. The van der Waals surface area contributed by atoms with E-state index in [1.165, 1.54) is 11.8 Å².